The largest absolute Gasteiger partial charge is 0.476 e. The number of morpholine rings is 1. The molecule has 0 saturated carbocycles. The minimum Gasteiger partial charge on any atom is -0.476 e. The summed E-state index contributed by atoms with van der Waals surface area (Å²) in [6, 6.07) is 3.38. The Kier molecular flexibility index (Phi) is 10.5. The van der Waals surface area contributed by atoms with Gasteiger partial charge in [-0.3, -0.25) is 4.79 Å². The highest BCUT2D eigenvalue weighted by Gasteiger charge is 2.20. The highest BCUT2D eigenvalue weighted by Crippen LogP contribution is 2.10. The number of aromatic nitrogens is 1. The van der Waals surface area contributed by atoms with Gasteiger partial charge in [0.15, 0.2) is 0 Å². The number of hydrogen-bond donors (Lipinski definition) is 2. The maximum Gasteiger partial charge on any atom is 0.250 e. The predicted octanol–water partition coefficient (Wildman–Crippen LogP) is 1.06. The van der Waals surface area contributed by atoms with Crippen LogP contribution in [0.5, 0.6) is 5.88 Å². The number of nitrogens with zero attached hydrogens (tertiary/aromatic N) is 1. The maximum absolute atomic E-state index is 11.7. The van der Waals surface area contributed by atoms with Gasteiger partial charge in [-0.2, -0.15) is 0 Å². The van der Waals surface area contributed by atoms with Gasteiger partial charge in [0, 0.05) is 25.4 Å². The van der Waals surface area contributed by atoms with E-state index in [9.17, 15) is 4.79 Å². The van der Waals surface area contributed by atoms with E-state index < -0.39 is 6.10 Å². The van der Waals surface area contributed by atoms with Gasteiger partial charge in [0.1, 0.15) is 12.7 Å². The number of halogens is 3. The van der Waals surface area contributed by atoms with Crippen LogP contribution in [-0.4, -0.2) is 49.8 Å². The van der Waals surface area contributed by atoms with E-state index in [0.717, 1.165) is 6.54 Å². The van der Waals surface area contributed by atoms with Crippen LogP contribution in [0, 0.1) is 0 Å². The van der Waals surface area contributed by atoms with Crippen molar-refractivity contribution >= 4 is 42.3 Å². The maximum atomic E-state index is 11.7. The summed E-state index contributed by atoms with van der Waals surface area (Å²) < 4.78 is 10.7. The first-order chi connectivity index (χ1) is 9.25. The number of rotatable bonds is 5. The third-order valence-electron chi connectivity index (χ3n) is 2.57. The van der Waals surface area contributed by atoms with Crippen LogP contribution in [0.1, 0.15) is 0 Å². The Morgan fingerprint density at radius 3 is 2.95 bits per heavy atom. The molecule has 1 saturated heterocycles. The lowest BCUT2D eigenvalue weighted by Gasteiger charge is -2.22. The fraction of sp³-hybridized carbons (Fsp3) is 0.500. The van der Waals surface area contributed by atoms with Gasteiger partial charge in [-0.1, -0.05) is 11.6 Å². The lowest BCUT2D eigenvalue weighted by atomic mass is 10.3. The number of ether oxygens (including phenoxy) is 2. The van der Waals surface area contributed by atoms with Crippen molar-refractivity contribution in [2.75, 3.05) is 32.8 Å². The third kappa shape index (κ3) is 7.15. The highest BCUT2D eigenvalue weighted by molar-refractivity contribution is 6.30. The molecule has 1 amide bonds. The Labute approximate surface area is 140 Å². The van der Waals surface area contributed by atoms with Gasteiger partial charge < -0.3 is 20.1 Å². The first kappa shape index (κ1) is 20.2. The molecule has 1 fully saturated rings. The fourth-order valence-electron chi connectivity index (χ4n) is 1.63. The van der Waals surface area contributed by atoms with Crippen LogP contribution in [0.2, 0.25) is 5.02 Å². The molecule has 1 aromatic rings. The summed E-state index contributed by atoms with van der Waals surface area (Å²) in [5, 5.41) is 6.41. The molecule has 1 aliphatic heterocycles. The second kappa shape index (κ2) is 10.9. The van der Waals surface area contributed by atoms with E-state index in [-0.39, 0.29) is 30.7 Å². The molecule has 0 spiro atoms. The van der Waals surface area contributed by atoms with Gasteiger partial charge in [-0.25, -0.2) is 4.98 Å². The lowest BCUT2D eigenvalue weighted by Crippen LogP contribution is -2.48. The predicted molar refractivity (Wildman–Crippen MR) is 84.9 cm³/mol. The molecule has 2 rings (SSSR count). The minimum absolute atomic E-state index is 0. The smallest absolute Gasteiger partial charge is 0.250 e. The van der Waals surface area contributed by atoms with E-state index in [1.165, 1.54) is 6.20 Å². The normalized spacial score (nSPS) is 17.1. The average molecular weight is 359 g/mol. The molecule has 21 heavy (non-hydrogen) atoms. The van der Waals surface area contributed by atoms with Crippen LogP contribution in [-0.2, 0) is 9.53 Å². The van der Waals surface area contributed by atoms with Crippen molar-refractivity contribution in [3.63, 3.8) is 0 Å². The molecule has 1 unspecified atom stereocenters. The van der Waals surface area contributed by atoms with Crippen LogP contribution >= 0.6 is 36.4 Å². The van der Waals surface area contributed by atoms with Crippen molar-refractivity contribution in [2.24, 2.45) is 0 Å². The van der Waals surface area contributed by atoms with E-state index in [1.807, 2.05) is 0 Å². The summed E-state index contributed by atoms with van der Waals surface area (Å²) in [6.45, 7) is 2.65. The third-order valence-corrected chi connectivity index (χ3v) is 2.80. The second-order valence-corrected chi connectivity index (χ2v) is 4.45. The van der Waals surface area contributed by atoms with Gasteiger partial charge >= 0.3 is 0 Å². The molecule has 2 N–H and O–H groups in total. The molecule has 0 radical (unpaired) electrons. The summed E-state index contributed by atoms with van der Waals surface area (Å²) in [7, 11) is 0. The van der Waals surface area contributed by atoms with Gasteiger partial charge in [-0.15, -0.1) is 24.8 Å². The number of hydrogen-bond acceptors (Lipinski definition) is 5. The Bertz CT molecular complexity index is 414. The molecule has 1 atom stereocenters. The zero-order valence-electron chi connectivity index (χ0n) is 11.2. The van der Waals surface area contributed by atoms with E-state index in [0.29, 0.717) is 37.2 Å². The van der Waals surface area contributed by atoms with E-state index in [2.05, 4.69) is 15.6 Å². The molecule has 0 bridgehead atoms. The van der Waals surface area contributed by atoms with Crippen LogP contribution in [0.25, 0.3) is 0 Å². The Hall–Kier alpha value is -0.790. The SMILES string of the molecule is Cl.Cl.O=C(NCCOc1ccc(Cl)cn1)C1CNCCO1. The minimum atomic E-state index is -0.414. The average Bonchev–Trinajstić information content (AvgIpc) is 2.46. The number of nitrogens with one attached hydrogen (secondary N) is 2. The molecular weight excluding hydrogens is 341 g/mol. The van der Waals surface area contributed by atoms with Gasteiger partial charge in [0.05, 0.1) is 18.2 Å². The van der Waals surface area contributed by atoms with Crippen molar-refractivity contribution in [2.45, 2.75) is 6.10 Å². The lowest BCUT2D eigenvalue weighted by molar-refractivity contribution is -0.134. The second-order valence-electron chi connectivity index (χ2n) is 4.02. The van der Waals surface area contributed by atoms with E-state index in [1.54, 1.807) is 12.1 Å². The Balaban J connectivity index is 0.00000200. The molecule has 9 heteroatoms. The zero-order chi connectivity index (χ0) is 13.5. The number of amides is 1. The fourth-order valence-corrected chi connectivity index (χ4v) is 1.74. The van der Waals surface area contributed by atoms with E-state index in [4.69, 9.17) is 21.1 Å². The van der Waals surface area contributed by atoms with Gasteiger partial charge in [0.2, 0.25) is 5.88 Å². The molecular formula is C12H18Cl3N3O3. The molecule has 1 aromatic heterocycles. The highest BCUT2D eigenvalue weighted by atomic mass is 35.5. The van der Waals surface area contributed by atoms with Crippen molar-refractivity contribution in [3.05, 3.63) is 23.4 Å². The number of pyridine rings is 1. The summed E-state index contributed by atoms with van der Waals surface area (Å²) in [4.78, 5) is 15.7. The Morgan fingerprint density at radius 2 is 2.33 bits per heavy atom. The van der Waals surface area contributed by atoms with Crippen LogP contribution in [0.4, 0.5) is 0 Å². The summed E-state index contributed by atoms with van der Waals surface area (Å²) in [5.41, 5.74) is 0. The summed E-state index contributed by atoms with van der Waals surface area (Å²) >= 11 is 5.71. The van der Waals surface area contributed by atoms with Gasteiger partial charge in [-0.05, 0) is 6.07 Å². The zero-order valence-corrected chi connectivity index (χ0v) is 13.6. The van der Waals surface area contributed by atoms with Crippen molar-refractivity contribution < 1.29 is 14.3 Å². The quantitative estimate of drug-likeness (QED) is 0.770. The number of carbonyl (C=O) groups excluding carboxylic acids is 1. The first-order valence-electron chi connectivity index (χ1n) is 6.10. The standard InChI is InChI=1S/C12H16ClN3O3.2ClH/c13-9-1-2-11(16-7-9)19-6-4-15-12(17)10-8-14-3-5-18-10;;/h1-2,7,10,14H,3-6,8H2,(H,15,17);2*1H. The van der Waals surface area contributed by atoms with E-state index >= 15 is 0 Å². The summed E-state index contributed by atoms with van der Waals surface area (Å²) in [6.07, 6.45) is 1.10. The summed E-state index contributed by atoms with van der Waals surface area (Å²) in [5.74, 6) is 0.356. The number of carbonyl (C=O) groups is 1. The topological polar surface area (TPSA) is 72.5 Å². The molecule has 0 aromatic carbocycles. The Morgan fingerprint density at radius 1 is 1.52 bits per heavy atom. The monoisotopic (exact) mass is 357 g/mol. The first-order valence-corrected chi connectivity index (χ1v) is 6.48. The van der Waals surface area contributed by atoms with Crippen molar-refractivity contribution in [1.29, 1.82) is 0 Å². The van der Waals surface area contributed by atoms with Crippen molar-refractivity contribution in [1.82, 2.24) is 15.6 Å². The van der Waals surface area contributed by atoms with Gasteiger partial charge in [0.25, 0.3) is 5.91 Å². The van der Waals surface area contributed by atoms with Crippen LogP contribution < -0.4 is 15.4 Å². The molecule has 0 aliphatic carbocycles. The van der Waals surface area contributed by atoms with Crippen LogP contribution in [0.3, 0.4) is 0 Å². The van der Waals surface area contributed by atoms with Crippen LogP contribution in [0.15, 0.2) is 18.3 Å². The molecule has 1 aliphatic rings. The molecule has 6 nitrogen and oxygen atoms in total. The molecule has 2 heterocycles. The molecule has 120 valence electrons. The van der Waals surface area contributed by atoms with Crippen molar-refractivity contribution in [3.8, 4) is 5.88 Å².